The second-order valence-corrected chi connectivity index (χ2v) is 4.81. The molecule has 1 unspecified atom stereocenters. The van der Waals surface area contributed by atoms with Crippen LogP contribution in [-0.4, -0.2) is 12.0 Å². The topological polar surface area (TPSA) is 24.9 Å². The van der Waals surface area contributed by atoms with Gasteiger partial charge in [-0.3, -0.25) is 4.98 Å². The van der Waals surface area contributed by atoms with E-state index in [1.807, 2.05) is 19.2 Å². The molecule has 2 rings (SSSR count). The van der Waals surface area contributed by atoms with E-state index in [-0.39, 0.29) is 6.04 Å². The molecular weight excluding hydrogens is 244 g/mol. The van der Waals surface area contributed by atoms with E-state index in [2.05, 4.69) is 41.5 Å². The highest BCUT2D eigenvalue weighted by molar-refractivity contribution is 6.31. The number of pyridine rings is 1. The number of nitrogens with one attached hydrogen (secondary N) is 1. The predicted molar refractivity (Wildman–Crippen MR) is 75.9 cm³/mol. The number of hydrogen-bond acceptors (Lipinski definition) is 2. The largest absolute Gasteiger partial charge is 0.311 e. The summed E-state index contributed by atoms with van der Waals surface area (Å²) in [4.78, 5) is 4.37. The summed E-state index contributed by atoms with van der Waals surface area (Å²) in [7, 11) is 1.94. The zero-order valence-corrected chi connectivity index (χ0v) is 11.4. The fourth-order valence-electron chi connectivity index (χ4n) is 2.06. The molecule has 2 nitrogen and oxygen atoms in total. The van der Waals surface area contributed by atoms with Crippen LogP contribution in [0, 0.1) is 6.92 Å². The molecule has 94 valence electrons. The number of rotatable bonds is 4. The Labute approximate surface area is 113 Å². The smallest absolute Gasteiger partial charge is 0.0762 e. The summed E-state index contributed by atoms with van der Waals surface area (Å²) in [6.45, 7) is 2.10. The van der Waals surface area contributed by atoms with Gasteiger partial charge in [-0.2, -0.15) is 0 Å². The summed E-state index contributed by atoms with van der Waals surface area (Å²) in [5.74, 6) is 0. The maximum Gasteiger partial charge on any atom is 0.0762 e. The number of halogens is 1. The zero-order chi connectivity index (χ0) is 13.0. The average molecular weight is 261 g/mol. The second kappa shape index (κ2) is 5.98. The van der Waals surface area contributed by atoms with Gasteiger partial charge in [-0.1, -0.05) is 41.4 Å². The van der Waals surface area contributed by atoms with Crippen molar-refractivity contribution in [3.05, 3.63) is 64.4 Å². The molecule has 1 heterocycles. The van der Waals surface area contributed by atoms with Crippen molar-refractivity contribution >= 4 is 11.6 Å². The van der Waals surface area contributed by atoms with Gasteiger partial charge in [0.1, 0.15) is 0 Å². The van der Waals surface area contributed by atoms with Crippen molar-refractivity contribution in [1.29, 1.82) is 0 Å². The molecule has 0 fully saturated rings. The van der Waals surface area contributed by atoms with Gasteiger partial charge in [-0.15, -0.1) is 0 Å². The molecule has 3 heteroatoms. The molecule has 18 heavy (non-hydrogen) atoms. The highest BCUT2D eigenvalue weighted by Gasteiger charge is 2.14. The first-order chi connectivity index (χ1) is 8.70. The van der Waals surface area contributed by atoms with Crippen LogP contribution in [0.15, 0.2) is 42.6 Å². The van der Waals surface area contributed by atoms with Crippen LogP contribution in [0.5, 0.6) is 0 Å². The van der Waals surface area contributed by atoms with Crippen LogP contribution in [0.1, 0.15) is 22.9 Å². The molecule has 2 aromatic rings. The van der Waals surface area contributed by atoms with Gasteiger partial charge in [-0.05, 0) is 38.1 Å². The van der Waals surface area contributed by atoms with Crippen LogP contribution < -0.4 is 5.32 Å². The minimum Gasteiger partial charge on any atom is -0.311 e. The van der Waals surface area contributed by atoms with Crippen molar-refractivity contribution in [1.82, 2.24) is 10.3 Å². The normalized spacial score (nSPS) is 12.4. The van der Waals surface area contributed by atoms with Gasteiger partial charge in [0.05, 0.1) is 16.8 Å². The van der Waals surface area contributed by atoms with Crippen molar-refractivity contribution in [2.45, 2.75) is 19.4 Å². The van der Waals surface area contributed by atoms with E-state index in [4.69, 9.17) is 11.6 Å². The summed E-state index contributed by atoms with van der Waals surface area (Å²) in [5, 5.41) is 3.99. The van der Waals surface area contributed by atoms with E-state index >= 15 is 0 Å². The Morgan fingerprint density at radius 3 is 2.78 bits per heavy atom. The number of aromatic nitrogens is 1. The van der Waals surface area contributed by atoms with Gasteiger partial charge in [-0.25, -0.2) is 0 Å². The van der Waals surface area contributed by atoms with Crippen molar-refractivity contribution < 1.29 is 0 Å². The van der Waals surface area contributed by atoms with Crippen molar-refractivity contribution in [3.8, 4) is 0 Å². The van der Waals surface area contributed by atoms with Crippen molar-refractivity contribution in [2.75, 3.05) is 7.05 Å². The minimum atomic E-state index is 0.139. The first-order valence-electron chi connectivity index (χ1n) is 6.04. The van der Waals surface area contributed by atoms with E-state index in [9.17, 15) is 0 Å². The summed E-state index contributed by atoms with van der Waals surface area (Å²) in [6, 6.07) is 12.4. The molecule has 1 atom stereocenters. The lowest BCUT2D eigenvalue weighted by Gasteiger charge is -2.17. The lowest BCUT2D eigenvalue weighted by Crippen LogP contribution is -2.20. The first kappa shape index (κ1) is 13.1. The average Bonchev–Trinajstić information content (AvgIpc) is 2.37. The number of benzene rings is 1. The molecule has 0 aliphatic carbocycles. The van der Waals surface area contributed by atoms with Gasteiger partial charge in [0, 0.05) is 6.20 Å². The Hall–Kier alpha value is -1.38. The van der Waals surface area contributed by atoms with Crippen LogP contribution in [0.2, 0.25) is 5.02 Å². The van der Waals surface area contributed by atoms with Crippen LogP contribution in [-0.2, 0) is 6.42 Å². The molecule has 0 spiro atoms. The number of likely N-dealkylation sites (N-methyl/N-ethyl adjacent to an activating group) is 1. The summed E-state index contributed by atoms with van der Waals surface area (Å²) in [5.41, 5.74) is 3.47. The van der Waals surface area contributed by atoms with Crippen molar-refractivity contribution in [3.63, 3.8) is 0 Å². The molecule has 0 amide bonds. The maximum atomic E-state index is 6.19. The third kappa shape index (κ3) is 3.09. The molecule has 0 aliphatic rings. The Bertz CT molecular complexity index is 525. The predicted octanol–water partition coefficient (Wildman–Crippen LogP) is 3.55. The van der Waals surface area contributed by atoms with E-state index < -0.39 is 0 Å². The zero-order valence-electron chi connectivity index (χ0n) is 10.7. The van der Waals surface area contributed by atoms with Gasteiger partial charge < -0.3 is 5.32 Å². The monoisotopic (exact) mass is 260 g/mol. The fourth-order valence-corrected chi connectivity index (χ4v) is 2.32. The van der Waals surface area contributed by atoms with E-state index in [1.54, 1.807) is 6.20 Å². The second-order valence-electron chi connectivity index (χ2n) is 4.40. The fraction of sp³-hybridized carbons (Fsp3) is 0.267. The van der Waals surface area contributed by atoms with Crippen LogP contribution in [0.3, 0.4) is 0 Å². The molecule has 0 radical (unpaired) electrons. The minimum absolute atomic E-state index is 0.139. The number of hydrogen-bond donors (Lipinski definition) is 1. The highest BCUT2D eigenvalue weighted by atomic mass is 35.5. The van der Waals surface area contributed by atoms with Crippen LogP contribution in [0.4, 0.5) is 0 Å². The van der Waals surface area contributed by atoms with Gasteiger partial charge in [0.25, 0.3) is 0 Å². The third-order valence-corrected chi connectivity index (χ3v) is 3.31. The molecule has 1 aromatic heterocycles. The Morgan fingerprint density at radius 2 is 2.11 bits per heavy atom. The van der Waals surface area contributed by atoms with Gasteiger partial charge in [0.15, 0.2) is 0 Å². The lowest BCUT2D eigenvalue weighted by molar-refractivity contribution is 0.576. The van der Waals surface area contributed by atoms with Crippen molar-refractivity contribution in [2.24, 2.45) is 0 Å². The lowest BCUT2D eigenvalue weighted by atomic mass is 10.0. The van der Waals surface area contributed by atoms with Gasteiger partial charge in [0.2, 0.25) is 0 Å². The van der Waals surface area contributed by atoms with E-state index in [0.29, 0.717) is 5.02 Å². The standard InChI is InChI=1S/C15H17ClN2/c1-11-5-3-6-12(9-11)10-14(17-2)15-13(16)7-4-8-18-15/h3-9,14,17H,10H2,1-2H3. The third-order valence-electron chi connectivity index (χ3n) is 2.99. The molecule has 1 aromatic carbocycles. The Balaban J connectivity index is 2.23. The van der Waals surface area contributed by atoms with E-state index in [0.717, 1.165) is 12.1 Å². The van der Waals surface area contributed by atoms with Crippen LogP contribution >= 0.6 is 11.6 Å². The number of aryl methyl sites for hydroxylation is 1. The SMILES string of the molecule is CNC(Cc1cccc(C)c1)c1ncccc1Cl. The highest BCUT2D eigenvalue weighted by Crippen LogP contribution is 2.23. The molecule has 0 bridgehead atoms. The van der Waals surface area contributed by atoms with Gasteiger partial charge >= 0.3 is 0 Å². The summed E-state index contributed by atoms with van der Waals surface area (Å²) in [6.07, 6.45) is 2.66. The Morgan fingerprint density at radius 1 is 1.28 bits per heavy atom. The Kier molecular flexibility index (Phi) is 4.34. The van der Waals surface area contributed by atoms with Crippen LogP contribution in [0.25, 0.3) is 0 Å². The summed E-state index contributed by atoms with van der Waals surface area (Å²) >= 11 is 6.19. The maximum absolute atomic E-state index is 6.19. The molecule has 0 saturated carbocycles. The molecular formula is C15H17ClN2. The first-order valence-corrected chi connectivity index (χ1v) is 6.41. The summed E-state index contributed by atoms with van der Waals surface area (Å²) < 4.78 is 0. The molecule has 1 N–H and O–H groups in total. The molecule has 0 aliphatic heterocycles. The van der Waals surface area contributed by atoms with E-state index in [1.165, 1.54) is 11.1 Å². The number of nitrogens with zero attached hydrogens (tertiary/aromatic N) is 1. The quantitative estimate of drug-likeness (QED) is 0.910. The molecule has 0 saturated heterocycles.